The summed E-state index contributed by atoms with van der Waals surface area (Å²) in [7, 11) is 0. The summed E-state index contributed by atoms with van der Waals surface area (Å²) in [6.45, 7) is 17.2. The van der Waals surface area contributed by atoms with Crippen LogP contribution in [-0.2, 0) is 23.7 Å². The normalized spacial score (nSPS) is 12.8. The third-order valence-electron chi connectivity index (χ3n) is 9.39. The lowest BCUT2D eigenvalue weighted by Crippen LogP contribution is -2.40. The van der Waals surface area contributed by atoms with Crippen LogP contribution < -0.4 is 0 Å². The minimum Gasteiger partial charge on any atom is -0.352 e. The Morgan fingerprint density at radius 2 is 0.660 bits per heavy atom. The molecule has 0 heterocycles. The molecule has 0 N–H and O–H groups in total. The number of rotatable bonds is 40. The average Bonchev–Trinajstić information content (AvgIpc) is 3.07. The molecule has 0 aromatic heterocycles. The summed E-state index contributed by atoms with van der Waals surface area (Å²) in [6.07, 6.45) is 34.3. The lowest BCUT2D eigenvalue weighted by molar-refractivity contribution is -0.384. The highest BCUT2D eigenvalue weighted by molar-refractivity contribution is 4.66. The lowest BCUT2D eigenvalue weighted by Gasteiger charge is -2.33. The fraction of sp³-hybridized carbons (Fsp3) is 1.00. The molecule has 0 saturated carbocycles. The summed E-state index contributed by atoms with van der Waals surface area (Å²) in [5.74, 6) is -0.304. The van der Waals surface area contributed by atoms with Gasteiger partial charge in [-0.25, -0.2) is 0 Å². The smallest absolute Gasteiger partial charge is 0.282 e. The van der Waals surface area contributed by atoms with E-state index < -0.39 is 5.97 Å². The van der Waals surface area contributed by atoms with E-state index >= 15 is 0 Å². The summed E-state index contributed by atoms with van der Waals surface area (Å²) >= 11 is 0. The van der Waals surface area contributed by atoms with Gasteiger partial charge in [-0.05, 0) is 51.4 Å². The molecule has 0 rings (SSSR count). The Labute approximate surface area is 295 Å². The second-order valence-corrected chi connectivity index (χ2v) is 14.1. The molecular formula is C42H86O5. The predicted molar refractivity (Wildman–Crippen MR) is 203 cm³/mol. The van der Waals surface area contributed by atoms with Crippen molar-refractivity contribution in [3.05, 3.63) is 0 Å². The van der Waals surface area contributed by atoms with Gasteiger partial charge in [0.2, 0.25) is 0 Å². The molecule has 0 fully saturated rings. The minimum absolute atomic E-state index is 0.0110. The van der Waals surface area contributed by atoms with Crippen LogP contribution in [0.5, 0.6) is 0 Å². The molecule has 284 valence electrons. The van der Waals surface area contributed by atoms with Gasteiger partial charge in [-0.15, -0.1) is 0 Å². The van der Waals surface area contributed by atoms with E-state index in [9.17, 15) is 0 Å². The third kappa shape index (κ3) is 29.3. The monoisotopic (exact) mass is 671 g/mol. The number of ether oxygens (including phenoxy) is 5. The molecule has 0 saturated heterocycles. The van der Waals surface area contributed by atoms with E-state index in [1.54, 1.807) is 0 Å². The van der Waals surface area contributed by atoms with Crippen molar-refractivity contribution < 1.29 is 23.7 Å². The topological polar surface area (TPSA) is 46.2 Å². The molecule has 1 atom stereocenters. The molecule has 0 aliphatic rings. The van der Waals surface area contributed by atoms with Gasteiger partial charge in [-0.2, -0.15) is 0 Å². The summed E-state index contributed by atoms with van der Waals surface area (Å²) < 4.78 is 31.7. The first-order valence-electron chi connectivity index (χ1n) is 21.3. The van der Waals surface area contributed by atoms with Crippen LogP contribution in [0.2, 0.25) is 0 Å². The van der Waals surface area contributed by atoms with Gasteiger partial charge in [0, 0.05) is 25.6 Å². The molecule has 0 aromatic rings. The van der Waals surface area contributed by atoms with Crippen molar-refractivity contribution >= 4 is 0 Å². The van der Waals surface area contributed by atoms with Gasteiger partial charge in [0.05, 0.1) is 19.8 Å². The Morgan fingerprint density at radius 1 is 0.340 bits per heavy atom. The first kappa shape index (κ1) is 46.8. The SMILES string of the molecule is CCCCCCCCCC(CCCCCCCCCCC(OCCCC)(OCCCC)OCCCC)C(OCCCC)OCCCC. The van der Waals surface area contributed by atoms with Gasteiger partial charge in [0.1, 0.15) is 0 Å². The van der Waals surface area contributed by atoms with Crippen molar-refractivity contribution in [1.82, 2.24) is 0 Å². The summed E-state index contributed by atoms with van der Waals surface area (Å²) in [6, 6.07) is 0. The van der Waals surface area contributed by atoms with E-state index in [4.69, 9.17) is 23.7 Å². The maximum atomic E-state index is 6.39. The maximum absolute atomic E-state index is 6.39. The van der Waals surface area contributed by atoms with Crippen LogP contribution in [0.4, 0.5) is 0 Å². The van der Waals surface area contributed by atoms with E-state index in [-0.39, 0.29) is 6.29 Å². The molecule has 0 spiro atoms. The largest absolute Gasteiger partial charge is 0.352 e. The van der Waals surface area contributed by atoms with Gasteiger partial charge in [-0.1, -0.05) is 164 Å². The van der Waals surface area contributed by atoms with E-state index in [2.05, 4.69) is 41.5 Å². The van der Waals surface area contributed by atoms with Crippen molar-refractivity contribution in [2.45, 2.75) is 234 Å². The molecule has 0 amide bonds. The first-order chi connectivity index (χ1) is 23.1. The van der Waals surface area contributed by atoms with Gasteiger partial charge >= 0.3 is 0 Å². The molecule has 0 aliphatic heterocycles. The third-order valence-corrected chi connectivity index (χ3v) is 9.39. The Kier molecular flexibility index (Phi) is 36.9. The second-order valence-electron chi connectivity index (χ2n) is 14.1. The summed E-state index contributed by atoms with van der Waals surface area (Å²) in [5, 5.41) is 0. The highest BCUT2D eigenvalue weighted by Crippen LogP contribution is 2.27. The Bertz CT molecular complexity index is 549. The predicted octanol–water partition coefficient (Wildman–Crippen LogP) is 13.7. The Morgan fingerprint density at radius 3 is 1.04 bits per heavy atom. The van der Waals surface area contributed by atoms with Crippen molar-refractivity contribution in [3.63, 3.8) is 0 Å². The van der Waals surface area contributed by atoms with Gasteiger partial charge in [-0.3, -0.25) is 0 Å². The Hall–Kier alpha value is -0.200. The van der Waals surface area contributed by atoms with Crippen molar-refractivity contribution in [2.24, 2.45) is 5.92 Å². The van der Waals surface area contributed by atoms with Crippen LogP contribution in [0, 0.1) is 5.92 Å². The first-order valence-corrected chi connectivity index (χ1v) is 21.3. The standard InChI is InChI=1S/C42H86O5/c1-7-13-19-20-23-26-29-32-40(41(43-35-14-8-2)44-36-15-9-3)33-30-27-24-21-22-25-28-31-34-42(45-37-16-10-4,46-38-17-11-5)47-39-18-12-6/h40-41H,7-39H2,1-6H3. The zero-order valence-electron chi connectivity index (χ0n) is 33.0. The van der Waals surface area contributed by atoms with E-state index in [0.717, 1.165) is 77.4 Å². The van der Waals surface area contributed by atoms with Crippen LogP contribution in [0.1, 0.15) is 221 Å². The van der Waals surface area contributed by atoms with Crippen LogP contribution in [0.25, 0.3) is 0 Å². The number of unbranched alkanes of at least 4 members (excludes halogenated alkanes) is 18. The second kappa shape index (κ2) is 37.1. The number of hydrogen-bond donors (Lipinski definition) is 0. The highest BCUT2D eigenvalue weighted by Gasteiger charge is 2.33. The van der Waals surface area contributed by atoms with Crippen LogP contribution >= 0.6 is 0 Å². The van der Waals surface area contributed by atoms with Crippen LogP contribution in [0.3, 0.4) is 0 Å². The van der Waals surface area contributed by atoms with E-state index in [1.165, 1.54) is 116 Å². The average molecular weight is 671 g/mol. The van der Waals surface area contributed by atoms with Gasteiger partial charge in [0.15, 0.2) is 6.29 Å². The van der Waals surface area contributed by atoms with Crippen molar-refractivity contribution in [3.8, 4) is 0 Å². The van der Waals surface area contributed by atoms with Gasteiger partial charge < -0.3 is 23.7 Å². The zero-order chi connectivity index (χ0) is 34.5. The number of hydrogen-bond acceptors (Lipinski definition) is 5. The maximum Gasteiger partial charge on any atom is 0.282 e. The molecule has 0 aromatic carbocycles. The highest BCUT2D eigenvalue weighted by atomic mass is 16.9. The van der Waals surface area contributed by atoms with E-state index in [1.807, 2.05) is 0 Å². The lowest BCUT2D eigenvalue weighted by atomic mass is 9.93. The molecule has 0 radical (unpaired) electrons. The van der Waals surface area contributed by atoms with Crippen LogP contribution in [0.15, 0.2) is 0 Å². The Balaban J connectivity index is 4.65. The molecule has 0 aliphatic carbocycles. The fourth-order valence-corrected chi connectivity index (χ4v) is 6.05. The quantitative estimate of drug-likeness (QED) is 0.0479. The molecular weight excluding hydrogens is 584 g/mol. The van der Waals surface area contributed by atoms with Crippen molar-refractivity contribution in [2.75, 3.05) is 33.0 Å². The fourth-order valence-electron chi connectivity index (χ4n) is 6.05. The van der Waals surface area contributed by atoms with E-state index in [0.29, 0.717) is 25.7 Å². The molecule has 0 bridgehead atoms. The molecule has 5 nitrogen and oxygen atoms in total. The minimum atomic E-state index is -0.844. The summed E-state index contributed by atoms with van der Waals surface area (Å²) in [4.78, 5) is 0. The molecule has 47 heavy (non-hydrogen) atoms. The van der Waals surface area contributed by atoms with Crippen LogP contribution in [-0.4, -0.2) is 45.3 Å². The molecule has 5 heteroatoms. The van der Waals surface area contributed by atoms with Gasteiger partial charge in [0.25, 0.3) is 5.97 Å². The molecule has 1 unspecified atom stereocenters. The van der Waals surface area contributed by atoms with Crippen molar-refractivity contribution in [1.29, 1.82) is 0 Å². The summed E-state index contributed by atoms with van der Waals surface area (Å²) in [5.41, 5.74) is 0. The zero-order valence-corrected chi connectivity index (χ0v) is 33.0.